The zero-order chi connectivity index (χ0) is 18.0. The number of nitro groups is 1. The van der Waals surface area contributed by atoms with Gasteiger partial charge in [0, 0.05) is 50.4 Å². The van der Waals surface area contributed by atoms with Gasteiger partial charge in [-0.3, -0.25) is 14.8 Å². The molecule has 3 rings (SSSR count). The van der Waals surface area contributed by atoms with E-state index < -0.39 is 14.8 Å². The number of non-ortho nitro benzene ring substituents is 1. The zero-order valence-electron chi connectivity index (χ0n) is 13.9. The van der Waals surface area contributed by atoms with Gasteiger partial charge in [-0.2, -0.15) is 5.10 Å². The van der Waals surface area contributed by atoms with Crippen molar-refractivity contribution >= 4 is 21.2 Å². The standard InChI is InChI=1S/C16H20N4O4S/c1-25(23,24)16-11-14(20(21)22)3-4-15(16)18-9-5-13(6-10-18)12-19-8-2-7-17-19/h2-4,7-8,11,13H,5-6,9-10,12H2,1H3. The third kappa shape index (κ3) is 3.98. The van der Waals surface area contributed by atoms with Crippen LogP contribution in [0.3, 0.4) is 0 Å². The lowest BCUT2D eigenvalue weighted by Crippen LogP contribution is -2.35. The van der Waals surface area contributed by atoms with Crippen molar-refractivity contribution in [1.82, 2.24) is 9.78 Å². The summed E-state index contributed by atoms with van der Waals surface area (Å²) in [5.41, 5.74) is 0.336. The van der Waals surface area contributed by atoms with Crippen LogP contribution in [0.25, 0.3) is 0 Å². The van der Waals surface area contributed by atoms with Gasteiger partial charge in [0.1, 0.15) is 0 Å². The van der Waals surface area contributed by atoms with Crippen molar-refractivity contribution < 1.29 is 13.3 Å². The van der Waals surface area contributed by atoms with E-state index in [1.807, 2.05) is 21.8 Å². The maximum atomic E-state index is 12.1. The van der Waals surface area contributed by atoms with E-state index in [1.54, 1.807) is 12.3 Å². The van der Waals surface area contributed by atoms with Crippen LogP contribution in [0.15, 0.2) is 41.6 Å². The van der Waals surface area contributed by atoms with Gasteiger partial charge in [0.25, 0.3) is 5.69 Å². The smallest absolute Gasteiger partial charge is 0.270 e. The monoisotopic (exact) mass is 364 g/mol. The van der Waals surface area contributed by atoms with Gasteiger partial charge in [0.05, 0.1) is 15.5 Å². The maximum absolute atomic E-state index is 12.1. The van der Waals surface area contributed by atoms with E-state index in [-0.39, 0.29) is 10.6 Å². The minimum atomic E-state index is -3.55. The summed E-state index contributed by atoms with van der Waals surface area (Å²) in [6.07, 6.45) is 6.61. The van der Waals surface area contributed by atoms with Crippen molar-refractivity contribution in [2.45, 2.75) is 24.3 Å². The molecule has 1 fully saturated rings. The van der Waals surface area contributed by atoms with Gasteiger partial charge in [-0.15, -0.1) is 0 Å². The second kappa shape index (κ2) is 6.83. The number of benzene rings is 1. The first kappa shape index (κ1) is 17.4. The van der Waals surface area contributed by atoms with Crippen LogP contribution in [0, 0.1) is 16.0 Å². The number of nitrogens with zero attached hydrogens (tertiary/aromatic N) is 4. The van der Waals surface area contributed by atoms with Crippen LogP contribution in [-0.4, -0.2) is 42.5 Å². The summed E-state index contributed by atoms with van der Waals surface area (Å²) in [4.78, 5) is 12.4. The normalized spacial score (nSPS) is 16.1. The van der Waals surface area contributed by atoms with Crippen molar-refractivity contribution in [2.24, 2.45) is 5.92 Å². The molecule has 1 aromatic carbocycles. The molecule has 1 aliphatic rings. The first-order chi connectivity index (χ1) is 11.8. The lowest BCUT2D eigenvalue weighted by Gasteiger charge is -2.34. The first-order valence-corrected chi connectivity index (χ1v) is 9.94. The summed E-state index contributed by atoms with van der Waals surface area (Å²) in [5, 5.41) is 15.2. The van der Waals surface area contributed by atoms with Gasteiger partial charge < -0.3 is 4.90 Å². The highest BCUT2D eigenvalue weighted by molar-refractivity contribution is 7.90. The number of aromatic nitrogens is 2. The molecule has 0 spiro atoms. The third-order valence-electron chi connectivity index (χ3n) is 4.51. The number of nitro benzene ring substituents is 1. The topological polar surface area (TPSA) is 98.3 Å². The van der Waals surface area contributed by atoms with E-state index in [4.69, 9.17) is 0 Å². The molecule has 0 bridgehead atoms. The highest BCUT2D eigenvalue weighted by Gasteiger charge is 2.26. The van der Waals surface area contributed by atoms with Crippen molar-refractivity contribution in [2.75, 3.05) is 24.2 Å². The molecule has 25 heavy (non-hydrogen) atoms. The van der Waals surface area contributed by atoms with Gasteiger partial charge in [-0.1, -0.05) is 0 Å². The molecule has 134 valence electrons. The van der Waals surface area contributed by atoms with Crippen LogP contribution in [0.4, 0.5) is 11.4 Å². The van der Waals surface area contributed by atoms with Crippen LogP contribution >= 0.6 is 0 Å². The fourth-order valence-electron chi connectivity index (χ4n) is 3.20. The van der Waals surface area contributed by atoms with E-state index in [9.17, 15) is 18.5 Å². The molecule has 1 saturated heterocycles. The molecule has 0 amide bonds. The van der Waals surface area contributed by atoms with Gasteiger partial charge in [-0.05, 0) is 30.9 Å². The van der Waals surface area contributed by atoms with Crippen LogP contribution in [0.1, 0.15) is 12.8 Å². The van der Waals surface area contributed by atoms with Crippen molar-refractivity contribution in [3.63, 3.8) is 0 Å². The molecule has 8 nitrogen and oxygen atoms in total. The molecule has 1 aromatic heterocycles. The predicted octanol–water partition coefficient (Wildman–Crippen LogP) is 2.11. The molecular weight excluding hydrogens is 344 g/mol. The number of hydrogen-bond acceptors (Lipinski definition) is 6. The number of rotatable bonds is 5. The molecule has 2 aromatic rings. The minimum Gasteiger partial charge on any atom is -0.370 e. The molecule has 0 aliphatic carbocycles. The first-order valence-electron chi connectivity index (χ1n) is 8.05. The van der Waals surface area contributed by atoms with Crippen molar-refractivity contribution in [3.8, 4) is 0 Å². The Bertz CT molecular complexity index is 856. The largest absolute Gasteiger partial charge is 0.370 e. The lowest BCUT2D eigenvalue weighted by atomic mass is 9.96. The molecule has 0 radical (unpaired) electrons. The SMILES string of the molecule is CS(=O)(=O)c1cc([N+](=O)[O-])ccc1N1CCC(Cn2cccn2)CC1. The molecule has 0 N–H and O–H groups in total. The average molecular weight is 364 g/mol. The Morgan fingerprint density at radius 3 is 2.60 bits per heavy atom. The number of sulfone groups is 1. The van der Waals surface area contributed by atoms with E-state index in [0.29, 0.717) is 24.7 Å². The summed E-state index contributed by atoms with van der Waals surface area (Å²) in [5.74, 6) is 0.482. The fourth-order valence-corrected chi connectivity index (χ4v) is 4.12. The third-order valence-corrected chi connectivity index (χ3v) is 5.64. The molecule has 0 atom stereocenters. The highest BCUT2D eigenvalue weighted by atomic mass is 32.2. The Balaban J connectivity index is 1.77. The second-order valence-electron chi connectivity index (χ2n) is 6.34. The molecule has 0 unspecified atom stereocenters. The maximum Gasteiger partial charge on any atom is 0.270 e. The van der Waals surface area contributed by atoms with Gasteiger partial charge in [0.2, 0.25) is 0 Å². The number of hydrogen-bond donors (Lipinski definition) is 0. The molecule has 0 saturated carbocycles. The van der Waals surface area contributed by atoms with Crippen LogP contribution in [0.5, 0.6) is 0 Å². The van der Waals surface area contributed by atoms with E-state index in [0.717, 1.165) is 31.7 Å². The number of piperidine rings is 1. The summed E-state index contributed by atoms with van der Waals surface area (Å²) in [7, 11) is -3.55. The Hall–Kier alpha value is -2.42. The highest BCUT2D eigenvalue weighted by Crippen LogP contribution is 2.32. The van der Waals surface area contributed by atoms with Gasteiger partial charge in [-0.25, -0.2) is 8.42 Å². The summed E-state index contributed by atoms with van der Waals surface area (Å²) >= 11 is 0. The Labute approximate surface area is 146 Å². The minimum absolute atomic E-state index is 0.0206. The molecule has 2 heterocycles. The van der Waals surface area contributed by atoms with Crippen molar-refractivity contribution in [1.29, 1.82) is 0 Å². The number of anilines is 1. The summed E-state index contributed by atoms with van der Waals surface area (Å²) in [6, 6.07) is 5.95. The second-order valence-corrected chi connectivity index (χ2v) is 8.32. The Morgan fingerprint density at radius 1 is 1.32 bits per heavy atom. The lowest BCUT2D eigenvalue weighted by molar-refractivity contribution is -0.385. The van der Waals surface area contributed by atoms with Crippen LogP contribution < -0.4 is 4.90 Å². The Kier molecular flexibility index (Phi) is 4.76. The van der Waals surface area contributed by atoms with Gasteiger partial charge >= 0.3 is 0 Å². The van der Waals surface area contributed by atoms with Crippen LogP contribution in [-0.2, 0) is 16.4 Å². The molecule has 9 heteroatoms. The zero-order valence-corrected chi connectivity index (χ0v) is 14.7. The molecular formula is C16H20N4O4S. The Morgan fingerprint density at radius 2 is 2.04 bits per heavy atom. The fraction of sp³-hybridized carbons (Fsp3) is 0.438. The summed E-state index contributed by atoms with van der Waals surface area (Å²) < 4.78 is 26.1. The molecule has 1 aliphatic heterocycles. The van der Waals surface area contributed by atoms with E-state index >= 15 is 0 Å². The van der Waals surface area contributed by atoms with Crippen LogP contribution in [0.2, 0.25) is 0 Å². The quantitative estimate of drug-likeness (QED) is 0.595. The van der Waals surface area contributed by atoms with Crippen molar-refractivity contribution in [3.05, 3.63) is 46.8 Å². The van der Waals surface area contributed by atoms with E-state index in [2.05, 4.69) is 5.10 Å². The average Bonchev–Trinajstić information content (AvgIpc) is 3.07. The predicted molar refractivity (Wildman–Crippen MR) is 93.4 cm³/mol. The van der Waals surface area contributed by atoms with E-state index in [1.165, 1.54) is 6.07 Å². The van der Waals surface area contributed by atoms with Gasteiger partial charge in [0.15, 0.2) is 9.84 Å². The summed E-state index contributed by atoms with van der Waals surface area (Å²) in [6.45, 7) is 2.28.